The van der Waals surface area contributed by atoms with Gasteiger partial charge in [-0.3, -0.25) is 28.9 Å². The highest BCUT2D eigenvalue weighted by Gasteiger charge is 2.54. The quantitative estimate of drug-likeness (QED) is 0.286. The fourth-order valence-corrected chi connectivity index (χ4v) is 6.17. The van der Waals surface area contributed by atoms with E-state index >= 15 is 0 Å². The van der Waals surface area contributed by atoms with Gasteiger partial charge in [0.2, 0.25) is 12.7 Å². The van der Waals surface area contributed by atoms with E-state index in [1.165, 1.54) is 23.6 Å². The van der Waals surface area contributed by atoms with Crippen LogP contribution in [-0.4, -0.2) is 65.2 Å². The van der Waals surface area contributed by atoms with E-state index < -0.39 is 53.3 Å². The van der Waals surface area contributed by atoms with Crippen molar-refractivity contribution in [2.45, 2.75) is 45.5 Å². The minimum Gasteiger partial charge on any atom is -0.461 e. The van der Waals surface area contributed by atoms with Gasteiger partial charge in [-0.15, -0.1) is 11.8 Å². The molecule has 2 amide bonds. The lowest BCUT2D eigenvalue weighted by Crippen LogP contribution is -2.70. The van der Waals surface area contributed by atoms with E-state index in [-0.39, 0.29) is 28.5 Å². The number of hydrogen-bond acceptors (Lipinski definition) is 12. The van der Waals surface area contributed by atoms with Crippen molar-refractivity contribution in [2.75, 3.05) is 19.2 Å². The van der Waals surface area contributed by atoms with Crippen molar-refractivity contribution in [1.29, 1.82) is 0 Å². The molecule has 1 N–H and O–H groups in total. The summed E-state index contributed by atoms with van der Waals surface area (Å²) in [6.45, 7) is 5.28. The second kappa shape index (κ2) is 10.9. The summed E-state index contributed by atoms with van der Waals surface area (Å²) in [5.41, 5.74) is -0.542. The zero-order valence-electron chi connectivity index (χ0n) is 19.4. The molecule has 0 aromatic carbocycles. The van der Waals surface area contributed by atoms with Crippen LogP contribution in [0.5, 0.6) is 0 Å². The molecule has 190 valence electrons. The monoisotopic (exact) mass is 544 g/mol. The summed E-state index contributed by atoms with van der Waals surface area (Å²) in [7, 11) is 0. The molecule has 1 saturated heterocycles. The lowest BCUT2D eigenvalue weighted by atomic mass is 9.98. The Hall–Kier alpha value is -2.71. The first-order chi connectivity index (χ1) is 16.4. The Morgan fingerprint density at radius 1 is 1.14 bits per heavy atom. The third-order valence-corrected chi connectivity index (χ3v) is 8.15. The molecule has 0 bridgehead atoms. The van der Waals surface area contributed by atoms with Gasteiger partial charge in [-0.05, 0) is 20.8 Å². The van der Waals surface area contributed by atoms with Gasteiger partial charge >= 0.3 is 17.9 Å². The van der Waals surface area contributed by atoms with E-state index in [1.807, 2.05) is 0 Å². The van der Waals surface area contributed by atoms with E-state index in [9.17, 15) is 28.8 Å². The Morgan fingerprint density at radius 3 is 2.46 bits per heavy atom. The number of carbonyl (C=O) groups is 5. The van der Waals surface area contributed by atoms with E-state index in [0.29, 0.717) is 10.5 Å². The van der Waals surface area contributed by atoms with E-state index in [2.05, 4.69) is 5.32 Å². The summed E-state index contributed by atoms with van der Waals surface area (Å²) in [6.07, 6.45) is -0.0356. The molecule has 2 aliphatic rings. The number of esters is 3. The molecule has 1 aromatic rings. The van der Waals surface area contributed by atoms with Crippen molar-refractivity contribution >= 4 is 64.2 Å². The van der Waals surface area contributed by atoms with Gasteiger partial charge in [0.15, 0.2) is 0 Å². The van der Waals surface area contributed by atoms with Crippen LogP contribution in [0.2, 0.25) is 0 Å². The van der Waals surface area contributed by atoms with Gasteiger partial charge in [0.25, 0.3) is 9.96 Å². The summed E-state index contributed by atoms with van der Waals surface area (Å²) in [6, 6.07) is -0.875. The fraction of sp³-hybridized carbons (Fsp3) is 0.524. The molecule has 0 radical (unpaired) electrons. The lowest BCUT2D eigenvalue weighted by Gasteiger charge is -2.49. The van der Waals surface area contributed by atoms with Crippen molar-refractivity contribution in [2.24, 2.45) is 5.41 Å². The maximum atomic E-state index is 12.9. The minimum absolute atomic E-state index is 0.0356. The Morgan fingerprint density at radius 2 is 1.86 bits per heavy atom. The van der Waals surface area contributed by atoms with Crippen LogP contribution in [0.3, 0.4) is 0 Å². The average Bonchev–Trinajstić information content (AvgIpc) is 3.18. The fourth-order valence-electron chi connectivity index (χ4n) is 3.12. The number of hydrogen-bond donors (Lipinski definition) is 1. The Kier molecular flexibility index (Phi) is 8.38. The number of nitrogens with zero attached hydrogens (tertiary/aromatic N) is 1. The van der Waals surface area contributed by atoms with Crippen molar-refractivity contribution in [3.63, 3.8) is 0 Å². The number of carbonyl (C=O) groups excluding carboxylic acids is 5. The summed E-state index contributed by atoms with van der Waals surface area (Å²) in [5, 5.41) is 3.67. The van der Waals surface area contributed by atoms with Crippen LogP contribution < -0.4 is 9.37 Å². The number of rotatable bonds is 8. The summed E-state index contributed by atoms with van der Waals surface area (Å²) >= 11 is 3.27. The summed E-state index contributed by atoms with van der Waals surface area (Å²) in [5.74, 6) is -2.77. The van der Waals surface area contributed by atoms with E-state index in [0.717, 1.165) is 22.7 Å². The molecule has 2 atom stereocenters. The molecule has 2 aliphatic heterocycles. The number of amides is 2. The Bertz CT molecular complexity index is 1130. The van der Waals surface area contributed by atoms with Crippen LogP contribution in [0, 0.1) is 5.41 Å². The van der Waals surface area contributed by atoms with Crippen molar-refractivity contribution in [3.05, 3.63) is 30.4 Å². The van der Waals surface area contributed by atoms with Gasteiger partial charge < -0.3 is 19.5 Å². The van der Waals surface area contributed by atoms with Crippen LogP contribution >= 0.6 is 34.4 Å². The normalized spacial score (nSPS) is 19.4. The number of nitrogens with one attached hydrogen (secondary N) is 1. The first kappa shape index (κ1) is 26.9. The molecule has 35 heavy (non-hydrogen) atoms. The SMILES string of the molecule is CC(=O)OCC1=C(C(=O)OCOC(=O)C(C)(C)C)N2C(=O)C(NC(=O)Cc3csc(=O)s3)C2SC1. The third kappa shape index (κ3) is 6.49. The second-order valence-corrected chi connectivity index (χ2v) is 12.0. The highest BCUT2D eigenvalue weighted by Crippen LogP contribution is 2.40. The maximum Gasteiger partial charge on any atom is 0.358 e. The molecule has 14 heteroatoms. The van der Waals surface area contributed by atoms with Gasteiger partial charge in [0.05, 0.1) is 11.8 Å². The van der Waals surface area contributed by atoms with Crippen LogP contribution in [-0.2, 0) is 44.6 Å². The van der Waals surface area contributed by atoms with Crippen LogP contribution in [0.15, 0.2) is 21.4 Å². The minimum atomic E-state index is -0.916. The zero-order valence-corrected chi connectivity index (χ0v) is 21.9. The first-order valence-corrected chi connectivity index (χ1v) is 13.1. The molecule has 0 aliphatic carbocycles. The molecule has 2 unspecified atom stereocenters. The Labute approximate surface area is 212 Å². The number of β-lactam (4-membered cyclic amide) rings is 1. The molecule has 3 heterocycles. The Balaban J connectivity index is 1.70. The van der Waals surface area contributed by atoms with Crippen LogP contribution in [0.25, 0.3) is 0 Å². The van der Waals surface area contributed by atoms with Gasteiger partial charge in [0.1, 0.15) is 23.7 Å². The molecular formula is C21H24N2O9S3. The number of fused-ring (bicyclic) bond motifs is 1. The lowest BCUT2D eigenvalue weighted by molar-refractivity contribution is -0.173. The highest BCUT2D eigenvalue weighted by atomic mass is 32.2. The third-order valence-electron chi connectivity index (χ3n) is 4.83. The van der Waals surface area contributed by atoms with Crippen molar-refractivity contribution in [3.8, 4) is 0 Å². The van der Waals surface area contributed by atoms with E-state index in [1.54, 1.807) is 26.2 Å². The summed E-state index contributed by atoms with van der Waals surface area (Å²) < 4.78 is 14.9. The van der Waals surface area contributed by atoms with E-state index in [4.69, 9.17) is 14.2 Å². The predicted molar refractivity (Wildman–Crippen MR) is 127 cm³/mol. The molecule has 0 spiro atoms. The molecular weight excluding hydrogens is 520 g/mol. The van der Waals surface area contributed by atoms with Gasteiger partial charge in [-0.1, -0.05) is 22.7 Å². The molecule has 0 saturated carbocycles. The van der Waals surface area contributed by atoms with Gasteiger partial charge in [0, 0.05) is 28.5 Å². The second-order valence-electron chi connectivity index (χ2n) is 8.65. The van der Waals surface area contributed by atoms with Crippen molar-refractivity contribution in [1.82, 2.24) is 10.2 Å². The van der Waals surface area contributed by atoms with Crippen molar-refractivity contribution < 1.29 is 38.2 Å². The average molecular weight is 545 g/mol. The topological polar surface area (TPSA) is 145 Å². The van der Waals surface area contributed by atoms with Gasteiger partial charge in [-0.25, -0.2) is 4.79 Å². The van der Waals surface area contributed by atoms with Gasteiger partial charge in [-0.2, -0.15) is 0 Å². The molecule has 11 nitrogen and oxygen atoms in total. The summed E-state index contributed by atoms with van der Waals surface area (Å²) in [4.78, 5) is 74.5. The molecule has 1 aromatic heterocycles. The first-order valence-electron chi connectivity index (χ1n) is 10.4. The standard InChI is InChI=1S/C21H24N2O9S3/c1-10(24)30-6-11-7-33-17-14(22-13(25)5-12-8-34-20(29)35-12)16(26)23(17)15(11)18(27)31-9-32-19(28)21(2,3)4/h8,14,17H,5-7,9H2,1-4H3,(H,22,25). The molecule has 1 fully saturated rings. The van der Waals surface area contributed by atoms with Crippen LogP contribution in [0.1, 0.15) is 32.6 Å². The number of ether oxygens (including phenoxy) is 3. The smallest absolute Gasteiger partial charge is 0.358 e. The maximum absolute atomic E-state index is 12.9. The molecule has 3 rings (SSSR count). The highest BCUT2D eigenvalue weighted by molar-refractivity contribution is 8.00. The van der Waals surface area contributed by atoms with Crippen LogP contribution in [0.4, 0.5) is 0 Å². The predicted octanol–water partition coefficient (Wildman–Crippen LogP) is 1.02. The zero-order chi connectivity index (χ0) is 25.9. The number of thioether (sulfide) groups is 1. The largest absolute Gasteiger partial charge is 0.461 e.